The van der Waals surface area contributed by atoms with Crippen molar-refractivity contribution < 1.29 is 9.21 Å². The number of aryl methyl sites for hydroxylation is 1. The molecule has 1 N–H and O–H groups in total. The Balaban J connectivity index is 1.63. The largest absolute Gasteiger partial charge is 0.411 e. The number of carbonyl (C=O) groups is 1. The van der Waals surface area contributed by atoms with Crippen LogP contribution in [0.15, 0.2) is 58.2 Å². The van der Waals surface area contributed by atoms with Crippen molar-refractivity contribution in [1.82, 2.24) is 10.2 Å². The van der Waals surface area contributed by atoms with Crippen LogP contribution in [0.3, 0.4) is 0 Å². The summed E-state index contributed by atoms with van der Waals surface area (Å²) in [5.41, 5.74) is 3.94. The lowest BCUT2D eigenvalue weighted by Gasteiger charge is -2.16. The zero-order valence-electron chi connectivity index (χ0n) is 15.0. The van der Waals surface area contributed by atoms with Gasteiger partial charge in [-0.05, 0) is 36.1 Å². The summed E-state index contributed by atoms with van der Waals surface area (Å²) in [5.74, 6) is 0.907. The average molecular weight is 367 g/mol. The maximum Gasteiger partial charge on any atom is 0.277 e. The van der Waals surface area contributed by atoms with Gasteiger partial charge in [0.05, 0.1) is 5.75 Å². The summed E-state index contributed by atoms with van der Waals surface area (Å²) in [4.78, 5) is 12.4. The molecular formula is C20H21N3O2S. The number of benzene rings is 2. The molecule has 3 aromatic rings. The van der Waals surface area contributed by atoms with Crippen LogP contribution in [0.25, 0.3) is 11.5 Å². The van der Waals surface area contributed by atoms with Crippen molar-refractivity contribution in [2.75, 3.05) is 11.1 Å². The molecule has 0 saturated heterocycles. The summed E-state index contributed by atoms with van der Waals surface area (Å²) >= 11 is 1.23. The number of hydrogen-bond donors (Lipinski definition) is 1. The van der Waals surface area contributed by atoms with Gasteiger partial charge >= 0.3 is 0 Å². The molecule has 0 aliphatic rings. The number of hydrogen-bond acceptors (Lipinski definition) is 5. The van der Waals surface area contributed by atoms with Gasteiger partial charge in [0, 0.05) is 11.3 Å². The third kappa shape index (κ3) is 4.32. The number of amides is 1. The van der Waals surface area contributed by atoms with Crippen molar-refractivity contribution in [2.45, 2.75) is 31.9 Å². The van der Waals surface area contributed by atoms with Crippen LogP contribution in [-0.4, -0.2) is 21.9 Å². The highest BCUT2D eigenvalue weighted by Crippen LogP contribution is 2.28. The molecule has 3 rings (SSSR count). The average Bonchev–Trinajstić information content (AvgIpc) is 3.11. The second-order valence-corrected chi connectivity index (χ2v) is 7.20. The van der Waals surface area contributed by atoms with E-state index < -0.39 is 0 Å². The Labute approximate surface area is 157 Å². The molecule has 0 radical (unpaired) electrons. The molecule has 134 valence electrons. The number of rotatable bonds is 6. The van der Waals surface area contributed by atoms with Gasteiger partial charge in [0.1, 0.15) is 0 Å². The summed E-state index contributed by atoms with van der Waals surface area (Å²) in [6, 6.07) is 15.6. The van der Waals surface area contributed by atoms with Gasteiger partial charge in [-0.25, -0.2) is 0 Å². The molecular weight excluding hydrogens is 346 g/mol. The van der Waals surface area contributed by atoms with Crippen molar-refractivity contribution >= 4 is 23.4 Å². The molecule has 1 heterocycles. The first-order chi connectivity index (χ1) is 12.5. The predicted octanol–water partition coefficient (Wildman–Crippen LogP) is 4.90. The van der Waals surface area contributed by atoms with Crippen molar-refractivity contribution in [3.05, 3.63) is 59.7 Å². The summed E-state index contributed by atoms with van der Waals surface area (Å²) in [6.07, 6.45) is 0. The first-order valence-corrected chi connectivity index (χ1v) is 9.44. The lowest BCUT2D eigenvalue weighted by atomic mass is 9.98. The maximum atomic E-state index is 12.4. The zero-order chi connectivity index (χ0) is 18.5. The van der Waals surface area contributed by atoms with Gasteiger partial charge in [0.2, 0.25) is 11.8 Å². The second-order valence-electron chi connectivity index (χ2n) is 6.27. The topological polar surface area (TPSA) is 68.0 Å². The third-order valence-electron chi connectivity index (χ3n) is 3.95. The van der Waals surface area contributed by atoms with Crippen LogP contribution in [0.5, 0.6) is 0 Å². The lowest BCUT2D eigenvalue weighted by molar-refractivity contribution is -0.113. The third-order valence-corrected chi connectivity index (χ3v) is 4.76. The monoisotopic (exact) mass is 367 g/mol. The van der Waals surface area contributed by atoms with Gasteiger partial charge in [-0.2, -0.15) is 0 Å². The molecule has 6 heteroatoms. The van der Waals surface area contributed by atoms with Crippen LogP contribution in [0, 0.1) is 6.92 Å². The molecule has 1 aromatic heterocycles. The van der Waals surface area contributed by atoms with Gasteiger partial charge in [-0.1, -0.05) is 62.0 Å². The molecule has 26 heavy (non-hydrogen) atoms. The second kappa shape index (κ2) is 8.19. The molecule has 0 atom stereocenters. The van der Waals surface area contributed by atoms with E-state index in [1.54, 1.807) is 0 Å². The molecule has 0 aliphatic heterocycles. The number of nitrogens with zero attached hydrogens (tertiary/aromatic N) is 2. The van der Waals surface area contributed by atoms with Crippen LogP contribution in [0.1, 0.15) is 30.9 Å². The van der Waals surface area contributed by atoms with E-state index in [9.17, 15) is 4.79 Å². The standard InChI is InChI=1S/C20H21N3O2S/c1-13(2)16-11-7-8-14(3)18(16)21-17(24)12-26-20-23-22-19(25-20)15-9-5-4-6-10-15/h4-11,13H,12H2,1-3H3,(H,21,24). The van der Waals surface area contributed by atoms with E-state index in [1.165, 1.54) is 11.8 Å². The SMILES string of the molecule is Cc1cccc(C(C)C)c1NC(=O)CSc1nnc(-c2ccccc2)o1. The molecule has 5 nitrogen and oxygen atoms in total. The van der Waals surface area contributed by atoms with E-state index in [2.05, 4.69) is 29.4 Å². The van der Waals surface area contributed by atoms with Crippen LogP contribution in [0.4, 0.5) is 5.69 Å². The number of para-hydroxylation sites is 1. The minimum atomic E-state index is -0.0920. The molecule has 0 fully saturated rings. The highest BCUT2D eigenvalue weighted by atomic mass is 32.2. The number of anilines is 1. The number of carbonyl (C=O) groups excluding carboxylic acids is 1. The Kier molecular flexibility index (Phi) is 5.73. The Hall–Kier alpha value is -2.60. The molecule has 0 saturated carbocycles. The molecule has 0 unspecified atom stereocenters. The fraction of sp³-hybridized carbons (Fsp3) is 0.250. The summed E-state index contributed by atoms with van der Waals surface area (Å²) in [5, 5.41) is 11.4. The first kappa shape index (κ1) is 18.2. The van der Waals surface area contributed by atoms with E-state index in [0.29, 0.717) is 17.0 Å². The molecule has 0 bridgehead atoms. The quantitative estimate of drug-likeness (QED) is 0.628. The maximum absolute atomic E-state index is 12.4. The van der Waals surface area contributed by atoms with E-state index in [1.807, 2.05) is 55.5 Å². The highest BCUT2D eigenvalue weighted by Gasteiger charge is 2.14. The van der Waals surface area contributed by atoms with Crippen molar-refractivity contribution in [2.24, 2.45) is 0 Å². The van der Waals surface area contributed by atoms with Crippen LogP contribution in [-0.2, 0) is 4.79 Å². The smallest absolute Gasteiger partial charge is 0.277 e. The first-order valence-electron chi connectivity index (χ1n) is 8.45. The molecule has 2 aromatic carbocycles. The van der Waals surface area contributed by atoms with Gasteiger partial charge in [0.25, 0.3) is 5.22 Å². The molecule has 0 spiro atoms. The lowest BCUT2D eigenvalue weighted by Crippen LogP contribution is -2.16. The summed E-state index contributed by atoms with van der Waals surface area (Å²) < 4.78 is 5.62. The van der Waals surface area contributed by atoms with E-state index in [4.69, 9.17) is 4.42 Å². The Bertz CT molecular complexity index is 891. The summed E-state index contributed by atoms with van der Waals surface area (Å²) in [7, 11) is 0. The number of thioether (sulfide) groups is 1. The minimum Gasteiger partial charge on any atom is -0.411 e. The fourth-order valence-electron chi connectivity index (χ4n) is 2.61. The zero-order valence-corrected chi connectivity index (χ0v) is 15.8. The van der Waals surface area contributed by atoms with Crippen molar-refractivity contribution in [3.8, 4) is 11.5 Å². The normalized spacial score (nSPS) is 10.9. The Morgan fingerprint density at radius 2 is 1.88 bits per heavy atom. The fourth-order valence-corrected chi connectivity index (χ4v) is 3.17. The van der Waals surface area contributed by atoms with E-state index in [-0.39, 0.29) is 11.7 Å². The Morgan fingerprint density at radius 3 is 2.62 bits per heavy atom. The van der Waals surface area contributed by atoms with Gasteiger partial charge in [-0.3, -0.25) is 4.79 Å². The molecule has 1 amide bonds. The van der Waals surface area contributed by atoms with E-state index >= 15 is 0 Å². The van der Waals surface area contributed by atoms with Crippen LogP contribution >= 0.6 is 11.8 Å². The number of nitrogens with one attached hydrogen (secondary N) is 1. The van der Waals surface area contributed by atoms with Gasteiger partial charge in [0.15, 0.2) is 0 Å². The van der Waals surface area contributed by atoms with Crippen LogP contribution in [0.2, 0.25) is 0 Å². The minimum absolute atomic E-state index is 0.0920. The van der Waals surface area contributed by atoms with Crippen molar-refractivity contribution in [1.29, 1.82) is 0 Å². The van der Waals surface area contributed by atoms with Crippen molar-refractivity contribution in [3.63, 3.8) is 0 Å². The van der Waals surface area contributed by atoms with Gasteiger partial charge < -0.3 is 9.73 Å². The predicted molar refractivity (Wildman–Crippen MR) is 104 cm³/mol. The Morgan fingerprint density at radius 1 is 1.12 bits per heavy atom. The van der Waals surface area contributed by atoms with Crippen LogP contribution < -0.4 is 5.32 Å². The van der Waals surface area contributed by atoms with Gasteiger partial charge in [-0.15, -0.1) is 10.2 Å². The highest BCUT2D eigenvalue weighted by molar-refractivity contribution is 7.99. The number of aromatic nitrogens is 2. The summed E-state index contributed by atoms with van der Waals surface area (Å²) in [6.45, 7) is 6.23. The molecule has 0 aliphatic carbocycles. The van der Waals surface area contributed by atoms with E-state index in [0.717, 1.165) is 22.4 Å².